The van der Waals surface area contributed by atoms with E-state index in [0.29, 0.717) is 33.6 Å². The molecule has 0 saturated carbocycles. The van der Waals surface area contributed by atoms with Gasteiger partial charge in [0, 0.05) is 22.4 Å². The van der Waals surface area contributed by atoms with Crippen LogP contribution in [0.3, 0.4) is 0 Å². The van der Waals surface area contributed by atoms with Crippen LogP contribution in [0.5, 0.6) is 0 Å². The maximum Gasteiger partial charge on any atom is 0.347 e. The minimum absolute atomic E-state index is 0.268. The smallest absolute Gasteiger partial charge is 0.347 e. The number of ether oxygens (including phenoxy) is 2. The van der Waals surface area contributed by atoms with Crippen LogP contribution >= 0.6 is 11.6 Å². The van der Waals surface area contributed by atoms with Crippen LogP contribution in [0.2, 0.25) is 5.02 Å². The number of halogens is 1. The zero-order chi connectivity index (χ0) is 18.1. The highest BCUT2D eigenvalue weighted by Gasteiger charge is 2.31. The molecule has 1 atom stereocenters. The fourth-order valence-electron chi connectivity index (χ4n) is 2.89. The second-order valence-electron chi connectivity index (χ2n) is 5.93. The van der Waals surface area contributed by atoms with Gasteiger partial charge in [0.1, 0.15) is 0 Å². The summed E-state index contributed by atoms with van der Waals surface area (Å²) in [5.74, 6) is -1.07. The number of esters is 2. The maximum atomic E-state index is 12.7. The van der Waals surface area contributed by atoms with Gasteiger partial charge >= 0.3 is 11.9 Å². The zero-order valence-electron chi connectivity index (χ0n) is 13.6. The number of para-hydroxylation sites is 1. The molecule has 0 bridgehead atoms. The number of carbonyl (C=O) groups is 2. The molecule has 3 aromatic rings. The average Bonchev–Trinajstić information content (AvgIpc) is 3.06. The van der Waals surface area contributed by atoms with Gasteiger partial charge in [0.2, 0.25) is 6.10 Å². The number of aromatic nitrogens is 1. The molecule has 130 valence electrons. The molecule has 0 aliphatic carbocycles. The van der Waals surface area contributed by atoms with Crippen molar-refractivity contribution in [3.63, 3.8) is 0 Å². The van der Waals surface area contributed by atoms with Crippen molar-refractivity contribution in [1.82, 2.24) is 4.98 Å². The van der Waals surface area contributed by atoms with Crippen molar-refractivity contribution in [2.24, 2.45) is 0 Å². The van der Waals surface area contributed by atoms with Gasteiger partial charge in [0.05, 0.1) is 23.4 Å². The minimum Gasteiger partial charge on any atom is -0.463 e. The molecule has 0 N–H and O–H groups in total. The highest BCUT2D eigenvalue weighted by atomic mass is 35.5. The van der Waals surface area contributed by atoms with Gasteiger partial charge in [-0.1, -0.05) is 41.9 Å². The summed E-state index contributed by atoms with van der Waals surface area (Å²) in [6.45, 7) is 0.268. The summed E-state index contributed by atoms with van der Waals surface area (Å²) in [7, 11) is 0. The number of hydrogen-bond donors (Lipinski definition) is 0. The van der Waals surface area contributed by atoms with Crippen LogP contribution in [0.1, 0.15) is 16.8 Å². The van der Waals surface area contributed by atoms with Crippen LogP contribution in [0, 0.1) is 0 Å². The van der Waals surface area contributed by atoms with Crippen LogP contribution in [0.25, 0.3) is 22.2 Å². The lowest BCUT2D eigenvalue weighted by Crippen LogP contribution is -2.23. The van der Waals surface area contributed by atoms with Gasteiger partial charge in [-0.15, -0.1) is 0 Å². The molecular weight excluding hydrogens is 354 g/mol. The van der Waals surface area contributed by atoms with Crippen molar-refractivity contribution < 1.29 is 19.1 Å². The van der Waals surface area contributed by atoms with Crippen molar-refractivity contribution in [2.75, 3.05) is 6.61 Å². The lowest BCUT2D eigenvalue weighted by Gasteiger charge is -2.12. The Morgan fingerprint density at radius 3 is 2.65 bits per heavy atom. The fourth-order valence-corrected chi connectivity index (χ4v) is 3.02. The number of carbonyl (C=O) groups excluding carboxylic acids is 2. The lowest BCUT2D eigenvalue weighted by atomic mass is 10.0. The molecule has 1 saturated heterocycles. The monoisotopic (exact) mass is 367 g/mol. The molecule has 2 aromatic carbocycles. The van der Waals surface area contributed by atoms with E-state index in [0.717, 1.165) is 5.56 Å². The topological polar surface area (TPSA) is 65.5 Å². The first-order chi connectivity index (χ1) is 12.6. The summed E-state index contributed by atoms with van der Waals surface area (Å²) in [4.78, 5) is 28.9. The lowest BCUT2D eigenvalue weighted by molar-refractivity contribution is -0.145. The maximum absolute atomic E-state index is 12.7. The molecule has 4 rings (SSSR count). The minimum atomic E-state index is -0.853. The first kappa shape index (κ1) is 16.5. The summed E-state index contributed by atoms with van der Waals surface area (Å²) >= 11 is 5.95. The molecule has 2 heterocycles. The van der Waals surface area contributed by atoms with Gasteiger partial charge in [-0.3, -0.25) is 0 Å². The molecule has 0 unspecified atom stereocenters. The molecule has 26 heavy (non-hydrogen) atoms. The SMILES string of the molecule is O=C(O[C@H]1CCOC1=O)c1cc(-c2ccc(Cl)cc2)nc2ccccc12. The predicted molar refractivity (Wildman–Crippen MR) is 97.0 cm³/mol. The first-order valence-electron chi connectivity index (χ1n) is 8.15. The number of pyridine rings is 1. The van der Waals surface area contributed by atoms with Crippen LogP contribution < -0.4 is 0 Å². The Hall–Kier alpha value is -2.92. The molecule has 0 radical (unpaired) electrons. The third-order valence-corrected chi connectivity index (χ3v) is 4.46. The van der Waals surface area contributed by atoms with Gasteiger partial charge in [-0.2, -0.15) is 0 Å². The molecule has 0 amide bonds. The molecule has 5 nitrogen and oxygen atoms in total. The molecule has 0 spiro atoms. The fraction of sp³-hybridized carbons (Fsp3) is 0.150. The van der Waals surface area contributed by atoms with Crippen LogP contribution in [-0.2, 0) is 14.3 Å². The predicted octanol–water partition coefficient (Wildman–Crippen LogP) is 4.03. The number of nitrogens with zero attached hydrogens (tertiary/aromatic N) is 1. The van der Waals surface area contributed by atoms with Crippen molar-refractivity contribution in [3.8, 4) is 11.3 Å². The van der Waals surface area contributed by atoms with Gasteiger partial charge in [-0.25, -0.2) is 14.6 Å². The van der Waals surface area contributed by atoms with E-state index in [1.807, 2.05) is 30.3 Å². The Bertz CT molecular complexity index is 1000. The van der Waals surface area contributed by atoms with E-state index in [-0.39, 0.29) is 6.61 Å². The standard InChI is InChI=1S/C20H14ClNO4/c21-13-7-5-12(6-8-13)17-11-15(14-3-1-2-4-16(14)22-17)19(23)26-18-9-10-25-20(18)24/h1-8,11,18H,9-10H2/t18-/m0/s1. The van der Waals surface area contributed by atoms with E-state index >= 15 is 0 Å². The van der Waals surface area contributed by atoms with Gasteiger partial charge < -0.3 is 9.47 Å². The average molecular weight is 368 g/mol. The van der Waals surface area contributed by atoms with Crippen LogP contribution in [0.4, 0.5) is 0 Å². The van der Waals surface area contributed by atoms with Crippen molar-refractivity contribution >= 4 is 34.4 Å². The number of benzene rings is 2. The molecule has 6 heteroatoms. The quantitative estimate of drug-likeness (QED) is 0.654. The Labute approximate surface area is 154 Å². The zero-order valence-corrected chi connectivity index (χ0v) is 14.4. The first-order valence-corrected chi connectivity index (χ1v) is 8.53. The van der Waals surface area contributed by atoms with Gasteiger partial charge in [-0.05, 0) is 24.3 Å². The molecule has 1 aliphatic rings. The van der Waals surface area contributed by atoms with E-state index in [1.54, 1.807) is 24.3 Å². The van der Waals surface area contributed by atoms with Crippen molar-refractivity contribution in [2.45, 2.75) is 12.5 Å². The summed E-state index contributed by atoms with van der Waals surface area (Å²) in [6.07, 6.45) is -0.481. The summed E-state index contributed by atoms with van der Waals surface area (Å²) < 4.78 is 10.2. The highest BCUT2D eigenvalue weighted by Crippen LogP contribution is 2.27. The third-order valence-electron chi connectivity index (χ3n) is 4.21. The van der Waals surface area contributed by atoms with Crippen LogP contribution in [0.15, 0.2) is 54.6 Å². The van der Waals surface area contributed by atoms with E-state index in [2.05, 4.69) is 4.98 Å². The summed E-state index contributed by atoms with van der Waals surface area (Å²) in [5, 5.41) is 1.29. The second kappa shape index (κ2) is 6.77. The Kier molecular flexibility index (Phi) is 4.31. The molecule has 1 aromatic heterocycles. The van der Waals surface area contributed by atoms with Crippen molar-refractivity contribution in [1.29, 1.82) is 0 Å². The van der Waals surface area contributed by atoms with E-state index in [9.17, 15) is 9.59 Å². The Morgan fingerprint density at radius 1 is 1.15 bits per heavy atom. The van der Waals surface area contributed by atoms with Crippen molar-refractivity contribution in [3.05, 3.63) is 65.2 Å². The normalized spacial score (nSPS) is 16.5. The Morgan fingerprint density at radius 2 is 1.92 bits per heavy atom. The molecule has 1 fully saturated rings. The second-order valence-corrected chi connectivity index (χ2v) is 6.37. The van der Waals surface area contributed by atoms with Gasteiger partial charge in [0.25, 0.3) is 0 Å². The molecular formula is C20H14ClNO4. The van der Waals surface area contributed by atoms with E-state index in [1.165, 1.54) is 0 Å². The van der Waals surface area contributed by atoms with Crippen LogP contribution in [-0.4, -0.2) is 29.6 Å². The molecule has 1 aliphatic heterocycles. The largest absolute Gasteiger partial charge is 0.463 e. The summed E-state index contributed by atoms with van der Waals surface area (Å²) in [5.41, 5.74) is 2.48. The number of fused-ring (bicyclic) bond motifs is 1. The summed E-state index contributed by atoms with van der Waals surface area (Å²) in [6, 6.07) is 16.2. The Balaban J connectivity index is 1.78. The van der Waals surface area contributed by atoms with E-state index < -0.39 is 18.0 Å². The highest BCUT2D eigenvalue weighted by molar-refractivity contribution is 6.30. The third kappa shape index (κ3) is 3.13. The number of hydrogen-bond acceptors (Lipinski definition) is 5. The van der Waals surface area contributed by atoms with Gasteiger partial charge in [0.15, 0.2) is 0 Å². The number of cyclic esters (lactones) is 1. The van der Waals surface area contributed by atoms with E-state index in [4.69, 9.17) is 21.1 Å². The number of rotatable bonds is 3.